The van der Waals surface area contributed by atoms with E-state index in [1.54, 1.807) is 0 Å². The first-order valence-electron chi connectivity index (χ1n) is 15.8. The van der Waals surface area contributed by atoms with Crippen molar-refractivity contribution in [2.24, 2.45) is 0 Å². The molecule has 10 radical (unpaired) electrons. The summed E-state index contributed by atoms with van der Waals surface area (Å²) >= 11 is 0. The molecule has 0 heterocycles. The first-order chi connectivity index (χ1) is 23.4. The summed E-state index contributed by atoms with van der Waals surface area (Å²) in [6, 6.07) is 51.1. The second kappa shape index (κ2) is 12.0. The molecule has 0 aliphatic heterocycles. The summed E-state index contributed by atoms with van der Waals surface area (Å²) in [7, 11) is 31.3. The number of nitrogens with zero attached hydrogens (tertiary/aromatic N) is 1. The Labute approximate surface area is 287 Å². The van der Waals surface area contributed by atoms with Crippen molar-refractivity contribution < 1.29 is 0 Å². The van der Waals surface area contributed by atoms with E-state index in [-0.39, 0.29) is 16.4 Å². The van der Waals surface area contributed by atoms with Crippen molar-refractivity contribution in [1.82, 2.24) is 0 Å². The third-order valence-electron chi connectivity index (χ3n) is 9.33. The Balaban J connectivity index is 1.31. The molecule has 0 amide bonds. The van der Waals surface area contributed by atoms with Crippen LogP contribution in [0.5, 0.6) is 0 Å². The highest BCUT2D eigenvalue weighted by Gasteiger charge is 2.17. The largest absolute Gasteiger partial charge is 0.310 e. The molecule has 1 nitrogen and oxygen atoms in total. The fourth-order valence-electron chi connectivity index (χ4n) is 6.85. The number of hydrogen-bond acceptors (Lipinski definition) is 1. The summed E-state index contributed by atoms with van der Waals surface area (Å²) in [5, 5.41) is 7.34. The minimum atomic E-state index is 0.201. The monoisotopic (exact) mass is 597 g/mol. The van der Waals surface area contributed by atoms with Gasteiger partial charge in [-0.25, -0.2) is 0 Å². The SMILES string of the molecule is [B]c1c([B])c([B])c(-c2ccc(N(c3ccc(-c4ccccc4)cc3)c3ccc4c5ccccc5c5ccccc5c4c3)cc2)c([B])c1[B]. The Morgan fingerprint density at radius 3 is 1.19 bits per heavy atom. The summed E-state index contributed by atoms with van der Waals surface area (Å²) in [5.74, 6) is 0. The summed E-state index contributed by atoms with van der Waals surface area (Å²) in [6.07, 6.45) is 0. The molecule has 0 saturated heterocycles. The van der Waals surface area contributed by atoms with Crippen LogP contribution in [0.25, 0.3) is 54.6 Å². The molecular weight excluding hydrogens is 573 g/mol. The lowest BCUT2D eigenvalue weighted by atomic mass is 9.60. The molecule has 0 saturated carbocycles. The van der Waals surface area contributed by atoms with Crippen molar-refractivity contribution in [1.29, 1.82) is 0 Å². The van der Waals surface area contributed by atoms with E-state index in [1.807, 2.05) is 18.2 Å². The second-order valence-electron chi connectivity index (χ2n) is 12.1. The molecule has 0 bridgehead atoms. The number of hydrogen-bond donors (Lipinski definition) is 0. The smallest absolute Gasteiger partial charge is 0.113 e. The molecule has 8 aromatic carbocycles. The number of fused-ring (bicyclic) bond motifs is 6. The lowest BCUT2D eigenvalue weighted by Gasteiger charge is -2.27. The summed E-state index contributed by atoms with van der Waals surface area (Å²) < 4.78 is 0. The molecule has 48 heavy (non-hydrogen) atoms. The van der Waals surface area contributed by atoms with Crippen molar-refractivity contribution in [3.8, 4) is 22.3 Å². The van der Waals surface area contributed by atoms with Crippen LogP contribution in [0.3, 0.4) is 0 Å². The zero-order valence-electron chi connectivity index (χ0n) is 26.2. The molecule has 0 fully saturated rings. The maximum absolute atomic E-state index is 6.41. The molecule has 0 aliphatic carbocycles. The first-order valence-corrected chi connectivity index (χ1v) is 15.8. The molecule has 0 aliphatic rings. The van der Waals surface area contributed by atoms with Gasteiger partial charge in [-0.3, -0.25) is 0 Å². The standard InChI is InChI=1S/C42H24B5N/c43-38-37(39(44)41(46)42(47)40(38)45)27-16-20-29(21-17-27)48(28-18-14-26(15-19-28)25-8-2-1-3-9-25)30-22-23-35-33-12-5-4-10-31(33)32-11-6-7-13-34(32)36(35)24-30/h1-24H. The van der Waals surface area contributed by atoms with Crippen LogP contribution >= 0.6 is 0 Å². The molecule has 0 N–H and O–H groups in total. The van der Waals surface area contributed by atoms with Crippen LogP contribution in [0, 0.1) is 0 Å². The van der Waals surface area contributed by atoms with Crippen LogP contribution < -0.4 is 32.2 Å². The lowest BCUT2D eigenvalue weighted by Crippen LogP contribution is -2.55. The van der Waals surface area contributed by atoms with Crippen molar-refractivity contribution >= 4 is 116 Å². The highest BCUT2D eigenvalue weighted by molar-refractivity contribution is 6.68. The van der Waals surface area contributed by atoms with Gasteiger partial charge in [-0.1, -0.05) is 120 Å². The highest BCUT2D eigenvalue weighted by atomic mass is 15.1. The summed E-state index contributed by atoms with van der Waals surface area (Å²) in [6.45, 7) is 0. The minimum Gasteiger partial charge on any atom is -0.310 e. The quantitative estimate of drug-likeness (QED) is 0.176. The van der Waals surface area contributed by atoms with E-state index in [0.29, 0.717) is 16.5 Å². The van der Waals surface area contributed by atoms with Crippen LogP contribution in [0.1, 0.15) is 0 Å². The van der Waals surface area contributed by atoms with Crippen LogP contribution in [-0.2, 0) is 0 Å². The highest BCUT2D eigenvalue weighted by Crippen LogP contribution is 2.41. The lowest BCUT2D eigenvalue weighted by molar-refractivity contribution is 1.29. The van der Waals surface area contributed by atoms with Gasteiger partial charge in [0, 0.05) is 17.1 Å². The summed E-state index contributed by atoms with van der Waals surface area (Å²) in [4.78, 5) is 2.26. The molecule has 0 aromatic heterocycles. The molecule has 212 valence electrons. The van der Waals surface area contributed by atoms with Gasteiger partial charge in [0.2, 0.25) is 0 Å². The summed E-state index contributed by atoms with van der Waals surface area (Å²) in [5.41, 5.74) is 8.00. The molecule has 8 aromatic rings. The van der Waals surface area contributed by atoms with E-state index in [4.69, 9.17) is 39.2 Å². The van der Waals surface area contributed by atoms with E-state index in [0.717, 1.165) is 28.2 Å². The Hall–Kier alpha value is -5.34. The maximum Gasteiger partial charge on any atom is 0.113 e. The van der Waals surface area contributed by atoms with E-state index < -0.39 is 0 Å². The van der Waals surface area contributed by atoms with Gasteiger partial charge in [0.25, 0.3) is 0 Å². The van der Waals surface area contributed by atoms with Crippen molar-refractivity contribution in [3.05, 3.63) is 146 Å². The van der Waals surface area contributed by atoms with Crippen molar-refractivity contribution in [2.75, 3.05) is 4.90 Å². The van der Waals surface area contributed by atoms with Gasteiger partial charge in [0.1, 0.15) is 39.2 Å². The van der Waals surface area contributed by atoms with E-state index in [9.17, 15) is 0 Å². The van der Waals surface area contributed by atoms with Gasteiger partial charge >= 0.3 is 0 Å². The normalized spacial score (nSPS) is 11.3. The van der Waals surface area contributed by atoms with Gasteiger partial charge in [0.15, 0.2) is 0 Å². The van der Waals surface area contributed by atoms with Gasteiger partial charge < -0.3 is 4.90 Å². The van der Waals surface area contributed by atoms with Gasteiger partial charge in [0.05, 0.1) is 0 Å². The van der Waals surface area contributed by atoms with Gasteiger partial charge in [-0.15, -0.1) is 16.4 Å². The third kappa shape index (κ3) is 4.95. The average molecular weight is 597 g/mol. The molecule has 6 heteroatoms. The Kier molecular flexibility index (Phi) is 7.53. The zero-order valence-corrected chi connectivity index (χ0v) is 26.2. The number of rotatable bonds is 5. The molecular formula is C42H24B5N. The molecule has 0 spiro atoms. The Morgan fingerprint density at radius 1 is 0.292 bits per heavy atom. The molecule has 0 atom stereocenters. The van der Waals surface area contributed by atoms with Crippen LogP contribution in [-0.4, -0.2) is 39.2 Å². The second-order valence-corrected chi connectivity index (χ2v) is 12.1. The first kappa shape index (κ1) is 30.0. The zero-order chi connectivity index (χ0) is 32.9. The number of anilines is 3. The van der Waals surface area contributed by atoms with Crippen LogP contribution in [0.15, 0.2) is 146 Å². The predicted molar refractivity (Wildman–Crippen MR) is 211 cm³/mol. The average Bonchev–Trinajstić information content (AvgIpc) is 3.15. The fourth-order valence-corrected chi connectivity index (χ4v) is 6.85. The number of benzene rings is 8. The maximum atomic E-state index is 6.41. The molecule has 0 unspecified atom stereocenters. The van der Waals surface area contributed by atoms with Crippen molar-refractivity contribution in [3.63, 3.8) is 0 Å². The Morgan fingerprint density at radius 2 is 0.667 bits per heavy atom. The Bertz CT molecular complexity index is 2430. The van der Waals surface area contributed by atoms with E-state index >= 15 is 0 Å². The molecule has 8 rings (SSSR count). The van der Waals surface area contributed by atoms with E-state index in [1.165, 1.54) is 37.9 Å². The van der Waals surface area contributed by atoms with Crippen molar-refractivity contribution in [2.45, 2.75) is 0 Å². The van der Waals surface area contributed by atoms with Gasteiger partial charge in [-0.2, -0.15) is 0 Å². The topological polar surface area (TPSA) is 3.24 Å². The van der Waals surface area contributed by atoms with Crippen LogP contribution in [0.2, 0.25) is 0 Å². The minimum absolute atomic E-state index is 0.201. The van der Waals surface area contributed by atoms with Gasteiger partial charge in [-0.05, 0) is 91.0 Å². The van der Waals surface area contributed by atoms with Crippen LogP contribution in [0.4, 0.5) is 17.1 Å². The predicted octanol–water partition coefficient (Wildman–Crippen LogP) is 5.92. The fraction of sp³-hybridized carbons (Fsp3) is 0. The third-order valence-corrected chi connectivity index (χ3v) is 9.33. The van der Waals surface area contributed by atoms with E-state index in [2.05, 4.69) is 132 Å².